The van der Waals surface area contributed by atoms with Crippen molar-refractivity contribution in [1.29, 1.82) is 0 Å². The molecule has 0 spiro atoms. The fourth-order valence-corrected chi connectivity index (χ4v) is 3.69. The summed E-state index contributed by atoms with van der Waals surface area (Å²) in [6.07, 6.45) is 2.59. The quantitative estimate of drug-likeness (QED) is 0.586. The lowest BCUT2D eigenvalue weighted by Crippen LogP contribution is -2.46. The normalized spacial score (nSPS) is 13.6. The average Bonchev–Trinajstić information content (AvgIpc) is 3.06. The van der Waals surface area contributed by atoms with E-state index in [1.54, 1.807) is 7.05 Å². The van der Waals surface area contributed by atoms with Gasteiger partial charge in [0.15, 0.2) is 0 Å². The Morgan fingerprint density at radius 1 is 1.18 bits per heavy atom. The van der Waals surface area contributed by atoms with Crippen molar-refractivity contribution < 1.29 is 13.2 Å². The van der Waals surface area contributed by atoms with Crippen molar-refractivity contribution in [3.05, 3.63) is 47.8 Å². The van der Waals surface area contributed by atoms with Crippen LogP contribution in [-0.2, 0) is 21.9 Å². The molecule has 0 bridgehead atoms. The predicted octanol–water partition coefficient (Wildman–Crippen LogP) is 1.45. The lowest BCUT2D eigenvalue weighted by atomic mass is 9.99. The number of nitrogens with zero attached hydrogens (tertiary/aromatic N) is 2. The van der Waals surface area contributed by atoms with E-state index in [1.165, 1.54) is 29.6 Å². The molecule has 1 heterocycles. The molecule has 1 amide bonds. The minimum absolute atomic E-state index is 0. The summed E-state index contributed by atoms with van der Waals surface area (Å²) in [5, 5.41) is 6.51. The van der Waals surface area contributed by atoms with Gasteiger partial charge in [-0.2, -0.15) is 9.82 Å². The minimum Gasteiger partial charge on any atom is -0.353 e. The Hall–Kier alpha value is -1.94. The Morgan fingerprint density at radius 2 is 1.75 bits per heavy atom. The molecular formula is C18H28ClN5O3S. The number of rotatable bonds is 8. The van der Waals surface area contributed by atoms with Crippen LogP contribution >= 0.6 is 12.4 Å². The molecule has 0 aliphatic carbocycles. The van der Waals surface area contributed by atoms with E-state index in [9.17, 15) is 13.2 Å². The second-order valence-electron chi connectivity index (χ2n) is 6.87. The van der Waals surface area contributed by atoms with Gasteiger partial charge in [0, 0.05) is 25.8 Å². The van der Waals surface area contributed by atoms with Gasteiger partial charge in [0.05, 0.1) is 12.2 Å². The van der Waals surface area contributed by atoms with Gasteiger partial charge in [-0.3, -0.25) is 9.48 Å². The maximum absolute atomic E-state index is 12.2. The van der Waals surface area contributed by atoms with Crippen LogP contribution in [-0.4, -0.2) is 36.7 Å². The molecule has 0 saturated carbocycles. The third kappa shape index (κ3) is 6.30. The Bertz CT molecular complexity index is 881. The minimum atomic E-state index is -3.81. The number of aromatic nitrogens is 2. The molecule has 8 nitrogen and oxygen atoms in total. The molecule has 2 unspecified atom stereocenters. The first-order chi connectivity index (χ1) is 12.6. The number of amides is 1. The lowest BCUT2D eigenvalue weighted by molar-refractivity contribution is -0.122. The van der Waals surface area contributed by atoms with Gasteiger partial charge in [0.2, 0.25) is 15.9 Å². The van der Waals surface area contributed by atoms with Crippen LogP contribution in [0.25, 0.3) is 0 Å². The number of hydrogen-bond donors (Lipinski definition) is 3. The molecule has 0 fully saturated rings. The highest BCUT2D eigenvalue weighted by Gasteiger charge is 2.23. The third-order valence-electron chi connectivity index (χ3n) is 4.24. The number of carbonyl (C=O) groups excluding carboxylic acids is 1. The Morgan fingerprint density at radius 3 is 2.25 bits per heavy atom. The second-order valence-corrected chi connectivity index (χ2v) is 8.58. The van der Waals surface area contributed by atoms with Gasteiger partial charge in [-0.1, -0.05) is 38.1 Å². The summed E-state index contributed by atoms with van der Waals surface area (Å²) in [6, 6.07) is 6.61. The number of benzene rings is 1. The number of nitrogens with two attached hydrogens (primary N) is 1. The van der Waals surface area contributed by atoms with Crippen LogP contribution in [0.3, 0.4) is 0 Å². The molecule has 2 aromatic rings. The van der Waals surface area contributed by atoms with E-state index in [2.05, 4.69) is 29.0 Å². The Labute approximate surface area is 172 Å². The van der Waals surface area contributed by atoms with E-state index < -0.39 is 22.0 Å². The fraction of sp³-hybridized carbons (Fsp3) is 0.444. The van der Waals surface area contributed by atoms with Gasteiger partial charge in [0.1, 0.15) is 4.90 Å². The van der Waals surface area contributed by atoms with Crippen molar-refractivity contribution in [2.24, 2.45) is 12.8 Å². The summed E-state index contributed by atoms with van der Waals surface area (Å²) >= 11 is 0. The van der Waals surface area contributed by atoms with Gasteiger partial charge >= 0.3 is 0 Å². The van der Waals surface area contributed by atoms with E-state index in [0.29, 0.717) is 5.92 Å². The standard InChI is InChI=1S/C18H27N5O3S.ClH/c1-12(2)14-5-7-15(8-6-14)17(19)10-20-18(24)13(3)22-27(25,26)16-9-21-23(4)11-16;/h5-9,11-13,17,22H,10,19H2,1-4H3,(H,20,24);1H. The number of aryl methyl sites for hydroxylation is 1. The smallest absolute Gasteiger partial charge is 0.244 e. The van der Waals surface area contributed by atoms with E-state index in [4.69, 9.17) is 5.73 Å². The van der Waals surface area contributed by atoms with Crippen LogP contribution in [0.2, 0.25) is 0 Å². The maximum atomic E-state index is 12.2. The first kappa shape index (κ1) is 24.1. The highest BCUT2D eigenvalue weighted by molar-refractivity contribution is 7.89. The molecule has 156 valence electrons. The van der Waals surface area contributed by atoms with E-state index >= 15 is 0 Å². The zero-order chi connectivity index (χ0) is 20.2. The molecule has 28 heavy (non-hydrogen) atoms. The molecule has 0 saturated heterocycles. The first-order valence-corrected chi connectivity index (χ1v) is 10.2. The van der Waals surface area contributed by atoms with Crippen molar-refractivity contribution in [1.82, 2.24) is 19.8 Å². The molecule has 2 rings (SSSR count). The molecule has 1 aromatic carbocycles. The topological polar surface area (TPSA) is 119 Å². The van der Waals surface area contributed by atoms with Crippen molar-refractivity contribution in [2.75, 3.05) is 6.54 Å². The van der Waals surface area contributed by atoms with Gasteiger partial charge in [-0.25, -0.2) is 8.42 Å². The molecule has 10 heteroatoms. The van der Waals surface area contributed by atoms with Crippen LogP contribution in [0.5, 0.6) is 0 Å². The SMILES string of the molecule is CC(NS(=O)(=O)c1cnn(C)c1)C(=O)NCC(N)c1ccc(C(C)C)cc1.Cl. The van der Waals surface area contributed by atoms with E-state index in [0.717, 1.165) is 5.56 Å². The van der Waals surface area contributed by atoms with Crippen LogP contribution in [0, 0.1) is 0 Å². The van der Waals surface area contributed by atoms with Crippen LogP contribution in [0.1, 0.15) is 43.9 Å². The third-order valence-corrected chi connectivity index (χ3v) is 5.74. The van der Waals surface area contributed by atoms with Gasteiger partial charge in [-0.05, 0) is 24.0 Å². The monoisotopic (exact) mass is 429 g/mol. The molecule has 1 aromatic heterocycles. The summed E-state index contributed by atoms with van der Waals surface area (Å²) in [7, 11) is -2.20. The first-order valence-electron chi connectivity index (χ1n) is 8.74. The molecule has 0 aliphatic rings. The summed E-state index contributed by atoms with van der Waals surface area (Å²) in [5.41, 5.74) is 8.25. The zero-order valence-electron chi connectivity index (χ0n) is 16.4. The molecule has 2 atom stereocenters. The van der Waals surface area contributed by atoms with Gasteiger partial charge in [0.25, 0.3) is 0 Å². The summed E-state index contributed by atoms with van der Waals surface area (Å²) in [6.45, 7) is 5.91. The van der Waals surface area contributed by atoms with Crippen LogP contribution in [0.4, 0.5) is 0 Å². The zero-order valence-corrected chi connectivity index (χ0v) is 18.0. The molecular weight excluding hydrogens is 402 g/mol. The summed E-state index contributed by atoms with van der Waals surface area (Å²) < 4.78 is 28.2. The number of carbonyl (C=O) groups is 1. The predicted molar refractivity (Wildman–Crippen MR) is 111 cm³/mol. The summed E-state index contributed by atoms with van der Waals surface area (Å²) in [5.74, 6) is -0.0135. The van der Waals surface area contributed by atoms with Crippen molar-refractivity contribution in [2.45, 2.75) is 43.7 Å². The Balaban J connectivity index is 0.00000392. The second kappa shape index (κ2) is 10.0. The van der Waals surface area contributed by atoms with Crippen molar-refractivity contribution >= 4 is 28.3 Å². The summed E-state index contributed by atoms with van der Waals surface area (Å²) in [4.78, 5) is 12.2. The number of nitrogens with one attached hydrogen (secondary N) is 2. The van der Waals surface area contributed by atoms with Gasteiger partial charge in [-0.15, -0.1) is 12.4 Å². The Kier molecular flexibility index (Phi) is 8.62. The average molecular weight is 430 g/mol. The van der Waals surface area contributed by atoms with E-state index in [1.807, 2.05) is 24.3 Å². The highest BCUT2D eigenvalue weighted by atomic mass is 35.5. The molecule has 0 radical (unpaired) electrons. The van der Waals surface area contributed by atoms with Crippen LogP contribution in [0.15, 0.2) is 41.6 Å². The maximum Gasteiger partial charge on any atom is 0.244 e. The van der Waals surface area contributed by atoms with E-state index in [-0.39, 0.29) is 29.9 Å². The largest absolute Gasteiger partial charge is 0.353 e. The highest BCUT2D eigenvalue weighted by Crippen LogP contribution is 2.17. The molecule has 4 N–H and O–H groups in total. The lowest BCUT2D eigenvalue weighted by Gasteiger charge is -2.17. The number of sulfonamides is 1. The number of halogens is 1. The fourth-order valence-electron chi connectivity index (χ4n) is 2.50. The van der Waals surface area contributed by atoms with Crippen molar-refractivity contribution in [3.8, 4) is 0 Å². The van der Waals surface area contributed by atoms with Gasteiger partial charge < -0.3 is 11.1 Å². The van der Waals surface area contributed by atoms with Crippen molar-refractivity contribution in [3.63, 3.8) is 0 Å². The van der Waals surface area contributed by atoms with Crippen LogP contribution < -0.4 is 15.8 Å². The number of hydrogen-bond acceptors (Lipinski definition) is 5. The molecule has 0 aliphatic heterocycles.